The van der Waals surface area contributed by atoms with Crippen LogP contribution < -0.4 is 20.0 Å². The number of carbonyl (C=O) groups is 2. The van der Waals surface area contributed by atoms with Gasteiger partial charge in [-0.2, -0.15) is 0 Å². The van der Waals surface area contributed by atoms with Gasteiger partial charge in [0, 0.05) is 35.4 Å². The number of rotatable bonds is 11. The van der Waals surface area contributed by atoms with Crippen molar-refractivity contribution in [2.45, 2.75) is 53.5 Å². The molecule has 0 spiro atoms. The first kappa shape index (κ1) is 46.6. The number of hydrogen-bond acceptors (Lipinski definition) is 11. The molecule has 0 aliphatic rings. The minimum atomic E-state index is -2.35. The van der Waals surface area contributed by atoms with Crippen molar-refractivity contribution in [2.75, 3.05) is 25.7 Å². The van der Waals surface area contributed by atoms with E-state index in [1.54, 1.807) is 41.5 Å². The Labute approximate surface area is 259 Å². The van der Waals surface area contributed by atoms with Crippen molar-refractivity contribution in [3.63, 3.8) is 0 Å². The van der Waals surface area contributed by atoms with Crippen LogP contribution in [0.5, 0.6) is 0 Å². The second-order valence-corrected chi connectivity index (χ2v) is 10.0. The fourth-order valence-corrected chi connectivity index (χ4v) is 3.38. The van der Waals surface area contributed by atoms with Crippen molar-refractivity contribution < 1.29 is 52.5 Å². The predicted octanol–water partition coefficient (Wildman–Crippen LogP) is 2.43. The van der Waals surface area contributed by atoms with Crippen LogP contribution in [-0.2, 0) is 18.4 Å². The van der Waals surface area contributed by atoms with E-state index in [2.05, 4.69) is 18.9 Å². The summed E-state index contributed by atoms with van der Waals surface area (Å²) in [6.45, 7) is 11.1. The van der Waals surface area contributed by atoms with Gasteiger partial charge < -0.3 is 48.2 Å². The zero-order chi connectivity index (χ0) is 30.5. The summed E-state index contributed by atoms with van der Waals surface area (Å²) in [7, 11) is -7.05. The van der Waals surface area contributed by atoms with E-state index in [9.17, 15) is 24.3 Å². The fraction of sp³-hybridized carbons (Fsp3) is 0.600. The predicted molar refractivity (Wildman–Crippen MR) is 151 cm³/mol. The molecule has 0 saturated carbocycles. The van der Waals surface area contributed by atoms with Crippen molar-refractivity contribution in [1.29, 1.82) is 0 Å². The molecular formula is C20H34AlCl3NO11P3. The Bertz CT molecular complexity index is 756. The Kier molecular flexibility index (Phi) is 32.9. The molecule has 4 N–H and O–H groups in total. The maximum atomic E-state index is 12.2. The average molecular weight is 691 g/mol. The number of Topliss-reactive ketones (excluding diaryl/α,β-unsaturated/α-hetero) is 1. The Morgan fingerprint density at radius 1 is 0.897 bits per heavy atom. The second kappa shape index (κ2) is 27.5. The van der Waals surface area contributed by atoms with Gasteiger partial charge in [0.1, 0.15) is 0 Å². The number of hydrogen-bond donors (Lipinski definition) is 4. The van der Waals surface area contributed by atoms with Gasteiger partial charge in [0.2, 0.25) is 0 Å². The minimum Gasteiger partial charge on any atom is -0.786 e. The smallest absolute Gasteiger partial charge is 0.786 e. The van der Waals surface area contributed by atoms with Crippen LogP contribution in [0.3, 0.4) is 0 Å². The minimum absolute atomic E-state index is 0. The Balaban J connectivity index is -0.000000264. The van der Waals surface area contributed by atoms with Crippen LogP contribution in [0.15, 0.2) is 12.1 Å². The molecule has 0 fully saturated rings. The van der Waals surface area contributed by atoms with Gasteiger partial charge in [-0.15, -0.1) is 11.6 Å². The molecule has 0 heterocycles. The number of nitrogens with one attached hydrogen (secondary N) is 1. The first-order valence-corrected chi connectivity index (χ1v) is 15.5. The summed E-state index contributed by atoms with van der Waals surface area (Å²) in [5.41, 5.74) is 0.0236. The molecule has 19 heteroatoms. The third-order valence-corrected chi connectivity index (χ3v) is 6.56. The van der Waals surface area contributed by atoms with Gasteiger partial charge in [-0.25, -0.2) is 0 Å². The fourth-order valence-electron chi connectivity index (χ4n) is 1.93. The standard InChI is InChI=1S/C14H16Cl3NO2.3C2H6O3P.Al/c1-4-14(3,12(19)7-15)18-13(20)9-5-10(16)8(2)11(17)6-9;3*1-2-5-6(3)4;/h5-6H,4,7H2,1-3H3,(H,18,20);3*3H,2H2,1H3;/q;3*-1;+3. The third-order valence-electron chi connectivity index (χ3n) is 4.10. The Hall–Kier alpha value is 0.692. The molecule has 0 saturated heterocycles. The van der Waals surface area contributed by atoms with Crippen LogP contribution in [0.25, 0.3) is 0 Å². The molecule has 4 atom stereocenters. The largest absolute Gasteiger partial charge is 3.00 e. The second-order valence-electron chi connectivity index (χ2n) is 6.73. The van der Waals surface area contributed by atoms with Crippen LogP contribution in [0.2, 0.25) is 10.0 Å². The van der Waals surface area contributed by atoms with Crippen LogP contribution in [0, 0.1) is 6.92 Å². The normalized spacial score (nSPS) is 13.7. The first-order chi connectivity index (χ1) is 17.6. The molecule has 1 aromatic carbocycles. The maximum absolute atomic E-state index is 12.2. The van der Waals surface area contributed by atoms with Crippen LogP contribution >= 0.6 is 60.6 Å². The molecule has 224 valence electrons. The molecule has 39 heavy (non-hydrogen) atoms. The van der Waals surface area contributed by atoms with Gasteiger partial charge in [-0.3, -0.25) is 9.59 Å². The number of carbonyl (C=O) groups excluding carboxylic acids is 2. The van der Waals surface area contributed by atoms with E-state index in [0.717, 1.165) is 0 Å². The summed E-state index contributed by atoms with van der Waals surface area (Å²) in [4.78, 5) is 76.1. The first-order valence-electron chi connectivity index (χ1n) is 10.8. The van der Waals surface area contributed by atoms with E-state index in [0.29, 0.717) is 47.4 Å². The van der Waals surface area contributed by atoms with E-state index in [4.69, 9.17) is 49.5 Å². The Morgan fingerprint density at radius 3 is 1.44 bits per heavy atom. The molecule has 0 aliphatic heterocycles. The summed E-state index contributed by atoms with van der Waals surface area (Å²) in [6, 6.07) is 3.05. The van der Waals surface area contributed by atoms with Gasteiger partial charge in [-0.05, 0) is 58.7 Å². The summed E-state index contributed by atoms with van der Waals surface area (Å²) in [5, 5.41) is 3.51. The SMILES string of the molecule is CCC(C)(NC(=O)c1cc(Cl)c(C)c(Cl)c1)C(=O)CCl.CCOP([O-])O.CCOP([O-])O.CCOP([O-])O.[Al+3]. The zero-order valence-corrected chi connectivity index (χ0v) is 28.5. The van der Waals surface area contributed by atoms with Gasteiger partial charge in [0.25, 0.3) is 5.91 Å². The molecule has 0 aromatic heterocycles. The average Bonchev–Trinajstić information content (AvgIpc) is 2.82. The molecule has 0 aliphatic carbocycles. The summed E-state index contributed by atoms with van der Waals surface area (Å²) >= 11 is 17.6. The quantitative estimate of drug-likeness (QED) is 0.151. The van der Waals surface area contributed by atoms with E-state index >= 15 is 0 Å². The molecule has 12 nitrogen and oxygen atoms in total. The van der Waals surface area contributed by atoms with Crippen molar-refractivity contribution in [1.82, 2.24) is 5.32 Å². The summed E-state index contributed by atoms with van der Waals surface area (Å²) in [5.74, 6) is -0.795. The van der Waals surface area contributed by atoms with Crippen molar-refractivity contribution in [3.05, 3.63) is 33.3 Å². The topological polar surface area (TPSA) is 204 Å². The summed E-state index contributed by atoms with van der Waals surface area (Å²) in [6.07, 6.45) is 0.442. The molecule has 0 radical (unpaired) electrons. The Morgan fingerprint density at radius 2 is 1.23 bits per heavy atom. The van der Waals surface area contributed by atoms with Crippen molar-refractivity contribution >= 4 is 89.7 Å². The van der Waals surface area contributed by atoms with Crippen molar-refractivity contribution in [2.24, 2.45) is 0 Å². The molecule has 1 rings (SSSR count). The van der Waals surface area contributed by atoms with E-state index in [-0.39, 0.29) is 29.0 Å². The van der Waals surface area contributed by atoms with Gasteiger partial charge in [0.15, 0.2) is 5.78 Å². The van der Waals surface area contributed by atoms with Gasteiger partial charge in [0.05, 0.1) is 37.2 Å². The monoisotopic (exact) mass is 689 g/mol. The number of benzene rings is 1. The number of ketones is 1. The number of alkyl halides is 1. The van der Waals surface area contributed by atoms with Gasteiger partial charge in [-0.1, -0.05) is 30.1 Å². The van der Waals surface area contributed by atoms with E-state index in [1.807, 2.05) is 0 Å². The summed E-state index contributed by atoms with van der Waals surface area (Å²) < 4.78 is 12.3. The third kappa shape index (κ3) is 25.0. The number of amides is 1. The number of halogens is 3. The molecular weight excluding hydrogens is 656 g/mol. The van der Waals surface area contributed by atoms with Crippen molar-refractivity contribution in [3.8, 4) is 0 Å². The van der Waals surface area contributed by atoms with E-state index in [1.165, 1.54) is 12.1 Å². The maximum Gasteiger partial charge on any atom is 3.00 e. The zero-order valence-electron chi connectivity index (χ0n) is 22.4. The molecule has 0 bridgehead atoms. The van der Waals surface area contributed by atoms with E-state index < -0.39 is 37.3 Å². The van der Waals surface area contributed by atoms with Crippen LogP contribution in [0.1, 0.15) is 57.0 Å². The van der Waals surface area contributed by atoms with Gasteiger partial charge >= 0.3 is 17.4 Å². The van der Waals surface area contributed by atoms with Crippen LogP contribution in [-0.4, -0.2) is 75.0 Å². The molecule has 1 aromatic rings. The molecule has 4 unspecified atom stereocenters. The molecule has 1 amide bonds. The van der Waals surface area contributed by atoms with Crippen LogP contribution in [0.4, 0.5) is 0 Å².